The van der Waals surface area contributed by atoms with Crippen molar-refractivity contribution in [3.8, 4) is 5.75 Å². The van der Waals surface area contributed by atoms with E-state index in [1.165, 1.54) is 25.7 Å². The first-order valence-corrected chi connectivity index (χ1v) is 7.92. The van der Waals surface area contributed by atoms with Crippen molar-refractivity contribution in [3.05, 3.63) is 29.8 Å². The van der Waals surface area contributed by atoms with Gasteiger partial charge in [0.05, 0.1) is 6.61 Å². The van der Waals surface area contributed by atoms with Crippen LogP contribution >= 0.6 is 31.9 Å². The number of alkyl halides is 3. The minimum atomic E-state index is -1.65. The predicted molar refractivity (Wildman–Crippen MR) is 81.3 cm³/mol. The summed E-state index contributed by atoms with van der Waals surface area (Å²) in [6, 6.07) is 6.99. The largest absolute Gasteiger partial charge is 0.494 e. The number of halogens is 3. The van der Waals surface area contributed by atoms with Gasteiger partial charge in [0.15, 0.2) is 0 Å². The summed E-state index contributed by atoms with van der Waals surface area (Å²) in [4.78, 5) is 0. The Balaban J connectivity index is 2.27. The molecule has 0 fully saturated rings. The maximum Gasteiger partial charge on any atom is 0.244 e. The molecule has 0 radical (unpaired) electrons. The van der Waals surface area contributed by atoms with Crippen LogP contribution in [-0.4, -0.2) is 6.61 Å². The molecule has 0 aliphatic carbocycles. The van der Waals surface area contributed by atoms with Gasteiger partial charge in [-0.15, -0.1) is 0 Å². The van der Waals surface area contributed by atoms with Crippen molar-refractivity contribution >= 4 is 31.9 Å². The van der Waals surface area contributed by atoms with Crippen molar-refractivity contribution in [2.45, 2.75) is 42.5 Å². The third-order valence-corrected chi connectivity index (χ3v) is 3.61. The third kappa shape index (κ3) is 6.19. The van der Waals surface area contributed by atoms with Gasteiger partial charge in [-0.1, -0.05) is 44.7 Å². The summed E-state index contributed by atoms with van der Waals surface area (Å²) in [6.45, 7) is 2.93. The van der Waals surface area contributed by atoms with Crippen molar-refractivity contribution in [1.29, 1.82) is 0 Å². The highest BCUT2D eigenvalue weighted by molar-refractivity contribution is 9.24. The second-order valence-electron chi connectivity index (χ2n) is 4.28. The predicted octanol–water partition coefficient (Wildman–Crippen LogP) is 5.91. The van der Waals surface area contributed by atoms with Gasteiger partial charge in [-0.3, -0.25) is 0 Å². The van der Waals surface area contributed by atoms with Gasteiger partial charge in [0.2, 0.25) is 3.49 Å². The van der Waals surface area contributed by atoms with Crippen molar-refractivity contribution in [1.82, 2.24) is 0 Å². The zero-order chi connectivity index (χ0) is 13.4. The molecular weight excluding hydrogens is 363 g/mol. The molecule has 0 bridgehead atoms. The molecule has 0 saturated carbocycles. The fourth-order valence-corrected chi connectivity index (χ4v) is 2.16. The van der Waals surface area contributed by atoms with Crippen LogP contribution in [0.1, 0.15) is 44.6 Å². The van der Waals surface area contributed by atoms with Crippen LogP contribution in [0.4, 0.5) is 4.39 Å². The molecule has 0 amide bonds. The van der Waals surface area contributed by atoms with Crippen LogP contribution in [0, 0.1) is 0 Å². The fraction of sp³-hybridized carbons (Fsp3) is 0.571. The zero-order valence-corrected chi connectivity index (χ0v) is 13.8. The van der Waals surface area contributed by atoms with Crippen LogP contribution in [0.15, 0.2) is 24.3 Å². The maximum absolute atomic E-state index is 13.5. The Kier molecular flexibility index (Phi) is 7.23. The van der Waals surface area contributed by atoms with Crippen LogP contribution in [-0.2, 0) is 3.49 Å². The van der Waals surface area contributed by atoms with Crippen molar-refractivity contribution in [2.24, 2.45) is 0 Å². The lowest BCUT2D eigenvalue weighted by Crippen LogP contribution is -2.01. The topological polar surface area (TPSA) is 9.23 Å². The van der Waals surface area contributed by atoms with Crippen LogP contribution < -0.4 is 4.74 Å². The molecule has 0 atom stereocenters. The van der Waals surface area contributed by atoms with Gasteiger partial charge in [-0.2, -0.15) is 0 Å². The first-order chi connectivity index (χ1) is 8.54. The Labute approximate surface area is 125 Å². The Hall–Kier alpha value is -0.0900. The van der Waals surface area contributed by atoms with Gasteiger partial charge in [0, 0.05) is 5.56 Å². The molecule has 0 heterocycles. The SMILES string of the molecule is CCCCCCCOc1ccc(C(F)(Br)Br)cc1. The van der Waals surface area contributed by atoms with Gasteiger partial charge in [0.1, 0.15) is 5.75 Å². The number of ether oxygens (including phenoxy) is 1. The summed E-state index contributed by atoms with van der Waals surface area (Å²) in [5.74, 6) is 0.790. The molecule has 18 heavy (non-hydrogen) atoms. The lowest BCUT2D eigenvalue weighted by Gasteiger charge is -2.11. The van der Waals surface area contributed by atoms with Crippen LogP contribution in [0.25, 0.3) is 0 Å². The minimum Gasteiger partial charge on any atom is -0.494 e. The number of unbranched alkanes of at least 4 members (excludes halogenated alkanes) is 4. The van der Waals surface area contributed by atoms with Crippen molar-refractivity contribution in [2.75, 3.05) is 6.61 Å². The van der Waals surface area contributed by atoms with E-state index in [-0.39, 0.29) is 0 Å². The van der Waals surface area contributed by atoms with Gasteiger partial charge >= 0.3 is 0 Å². The molecule has 1 nitrogen and oxygen atoms in total. The smallest absolute Gasteiger partial charge is 0.244 e. The third-order valence-electron chi connectivity index (χ3n) is 2.70. The summed E-state index contributed by atoms with van der Waals surface area (Å²) in [5, 5.41) is 0. The molecule has 0 aromatic heterocycles. The summed E-state index contributed by atoms with van der Waals surface area (Å²) in [6.07, 6.45) is 6.11. The van der Waals surface area contributed by atoms with E-state index in [0.29, 0.717) is 5.56 Å². The van der Waals surface area contributed by atoms with E-state index in [0.717, 1.165) is 18.8 Å². The second-order valence-corrected chi connectivity index (χ2v) is 7.53. The molecule has 0 N–H and O–H groups in total. The Morgan fingerprint density at radius 1 is 1.06 bits per heavy atom. The molecule has 0 saturated heterocycles. The van der Waals surface area contributed by atoms with Gasteiger partial charge in [-0.05, 0) is 50.4 Å². The summed E-state index contributed by atoms with van der Waals surface area (Å²) < 4.78 is 17.4. The second kappa shape index (κ2) is 8.16. The van der Waals surface area contributed by atoms with E-state index in [9.17, 15) is 4.39 Å². The normalized spacial score (nSPS) is 11.6. The van der Waals surface area contributed by atoms with Gasteiger partial charge in [-0.25, -0.2) is 4.39 Å². The number of benzene rings is 1. The molecule has 0 aliphatic rings. The standard InChI is InChI=1S/C14H19Br2FO/c1-2-3-4-5-6-11-18-13-9-7-12(8-10-13)14(15,16)17/h7-10H,2-6,11H2,1H3. The maximum atomic E-state index is 13.5. The summed E-state index contributed by atoms with van der Waals surface area (Å²) in [7, 11) is 0. The van der Waals surface area contributed by atoms with Gasteiger partial charge in [0.25, 0.3) is 0 Å². The first-order valence-electron chi connectivity index (χ1n) is 6.34. The van der Waals surface area contributed by atoms with Crippen LogP contribution in [0.3, 0.4) is 0 Å². The highest BCUT2D eigenvalue weighted by Crippen LogP contribution is 2.39. The van der Waals surface area contributed by atoms with Crippen LogP contribution in [0.5, 0.6) is 5.75 Å². The van der Waals surface area contributed by atoms with E-state index >= 15 is 0 Å². The number of rotatable bonds is 8. The highest BCUT2D eigenvalue weighted by atomic mass is 79.9. The monoisotopic (exact) mass is 380 g/mol. The molecule has 1 aromatic carbocycles. The first kappa shape index (κ1) is 16.0. The fourth-order valence-electron chi connectivity index (χ4n) is 1.64. The van der Waals surface area contributed by atoms with Crippen LogP contribution in [0.2, 0.25) is 0 Å². The average molecular weight is 382 g/mol. The number of hydrogen-bond donors (Lipinski definition) is 0. The van der Waals surface area contributed by atoms with E-state index in [1.807, 2.05) is 0 Å². The quantitative estimate of drug-likeness (QED) is 0.402. The molecule has 0 aliphatic heterocycles. The molecule has 1 rings (SSSR count). The minimum absolute atomic E-state index is 0.526. The molecule has 4 heteroatoms. The van der Waals surface area contributed by atoms with Gasteiger partial charge < -0.3 is 4.74 Å². The summed E-state index contributed by atoms with van der Waals surface area (Å²) >= 11 is 5.82. The Morgan fingerprint density at radius 2 is 1.67 bits per heavy atom. The molecule has 0 unspecified atom stereocenters. The molecule has 0 spiro atoms. The van der Waals surface area contributed by atoms with Crippen molar-refractivity contribution < 1.29 is 9.13 Å². The van der Waals surface area contributed by atoms with Crippen molar-refractivity contribution in [3.63, 3.8) is 0 Å². The van der Waals surface area contributed by atoms with E-state index < -0.39 is 3.49 Å². The molecule has 102 valence electrons. The Morgan fingerprint density at radius 3 is 2.22 bits per heavy atom. The molecular formula is C14H19Br2FO. The molecule has 1 aromatic rings. The lowest BCUT2D eigenvalue weighted by atomic mass is 10.2. The zero-order valence-electron chi connectivity index (χ0n) is 10.6. The van der Waals surface area contributed by atoms with E-state index in [4.69, 9.17) is 4.74 Å². The van der Waals surface area contributed by atoms with E-state index in [2.05, 4.69) is 38.8 Å². The average Bonchev–Trinajstić information content (AvgIpc) is 2.33. The summed E-state index contributed by atoms with van der Waals surface area (Å²) in [5.41, 5.74) is 0.526. The van der Waals surface area contributed by atoms with E-state index in [1.54, 1.807) is 24.3 Å². The number of hydrogen-bond acceptors (Lipinski definition) is 1. The Bertz CT molecular complexity index is 333. The lowest BCUT2D eigenvalue weighted by molar-refractivity contribution is 0.304. The highest BCUT2D eigenvalue weighted by Gasteiger charge is 2.23.